The van der Waals surface area contributed by atoms with Gasteiger partial charge in [-0.2, -0.15) is 5.10 Å². The Bertz CT molecular complexity index is 641. The Morgan fingerprint density at radius 3 is 2.48 bits per heavy atom. The summed E-state index contributed by atoms with van der Waals surface area (Å²) >= 11 is 0. The topological polar surface area (TPSA) is 96.7 Å². The van der Waals surface area contributed by atoms with Crippen molar-refractivity contribution in [1.82, 2.24) is 15.2 Å². The SMILES string of the molecule is NCc1nc(-c2ccc(NC(=O)C3CCCCCC3)cc2)n[nH]1. The quantitative estimate of drug-likeness (QED) is 0.756. The Labute approximate surface area is 135 Å². The van der Waals surface area contributed by atoms with Crippen molar-refractivity contribution < 1.29 is 4.79 Å². The molecule has 1 aliphatic carbocycles. The fourth-order valence-electron chi connectivity index (χ4n) is 3.00. The van der Waals surface area contributed by atoms with Crippen molar-refractivity contribution in [2.45, 2.75) is 45.1 Å². The van der Waals surface area contributed by atoms with Crippen molar-refractivity contribution in [1.29, 1.82) is 0 Å². The van der Waals surface area contributed by atoms with Crippen LogP contribution >= 0.6 is 0 Å². The van der Waals surface area contributed by atoms with Gasteiger partial charge < -0.3 is 11.1 Å². The van der Waals surface area contributed by atoms with E-state index in [2.05, 4.69) is 20.5 Å². The van der Waals surface area contributed by atoms with E-state index < -0.39 is 0 Å². The number of benzene rings is 1. The Balaban J connectivity index is 1.63. The molecule has 2 aromatic rings. The van der Waals surface area contributed by atoms with Crippen LogP contribution in [-0.2, 0) is 11.3 Å². The lowest BCUT2D eigenvalue weighted by Crippen LogP contribution is -2.22. The van der Waals surface area contributed by atoms with Crippen LogP contribution in [0.3, 0.4) is 0 Å². The Morgan fingerprint density at radius 2 is 1.87 bits per heavy atom. The molecule has 1 heterocycles. The van der Waals surface area contributed by atoms with Gasteiger partial charge in [0.05, 0.1) is 6.54 Å². The third kappa shape index (κ3) is 3.96. The van der Waals surface area contributed by atoms with Crippen LogP contribution in [0.1, 0.15) is 44.3 Å². The van der Waals surface area contributed by atoms with Crippen molar-refractivity contribution in [3.63, 3.8) is 0 Å². The highest BCUT2D eigenvalue weighted by Gasteiger charge is 2.20. The van der Waals surface area contributed by atoms with Crippen LogP contribution in [0.2, 0.25) is 0 Å². The summed E-state index contributed by atoms with van der Waals surface area (Å²) in [5.41, 5.74) is 7.23. The van der Waals surface area contributed by atoms with E-state index in [1.807, 2.05) is 24.3 Å². The van der Waals surface area contributed by atoms with Gasteiger partial charge >= 0.3 is 0 Å². The van der Waals surface area contributed by atoms with Gasteiger partial charge in [-0.1, -0.05) is 25.7 Å². The number of hydrogen-bond donors (Lipinski definition) is 3. The summed E-state index contributed by atoms with van der Waals surface area (Å²) in [4.78, 5) is 16.7. The number of nitrogens with zero attached hydrogens (tertiary/aromatic N) is 2. The number of carbonyl (C=O) groups excluding carboxylic acids is 1. The molecule has 1 aliphatic rings. The lowest BCUT2D eigenvalue weighted by Gasteiger charge is -2.14. The summed E-state index contributed by atoms with van der Waals surface area (Å²) in [5.74, 6) is 1.57. The molecular formula is C17H23N5O. The van der Waals surface area contributed by atoms with Crippen LogP contribution in [0.25, 0.3) is 11.4 Å². The van der Waals surface area contributed by atoms with E-state index in [9.17, 15) is 4.79 Å². The molecule has 0 spiro atoms. The van der Waals surface area contributed by atoms with Crippen molar-refractivity contribution in [2.24, 2.45) is 11.7 Å². The number of aromatic amines is 1. The van der Waals surface area contributed by atoms with Gasteiger partial charge in [0, 0.05) is 17.2 Å². The smallest absolute Gasteiger partial charge is 0.227 e. The van der Waals surface area contributed by atoms with Crippen LogP contribution < -0.4 is 11.1 Å². The van der Waals surface area contributed by atoms with Gasteiger partial charge in [-0.05, 0) is 37.1 Å². The highest BCUT2D eigenvalue weighted by molar-refractivity contribution is 5.92. The zero-order chi connectivity index (χ0) is 16.1. The van der Waals surface area contributed by atoms with E-state index >= 15 is 0 Å². The third-order valence-corrected chi connectivity index (χ3v) is 4.36. The second-order valence-electron chi connectivity index (χ2n) is 6.06. The summed E-state index contributed by atoms with van der Waals surface area (Å²) in [7, 11) is 0. The van der Waals surface area contributed by atoms with E-state index in [0.29, 0.717) is 18.2 Å². The molecular weight excluding hydrogens is 290 g/mol. The molecule has 1 saturated carbocycles. The second kappa shape index (κ2) is 7.37. The first-order chi connectivity index (χ1) is 11.3. The summed E-state index contributed by atoms with van der Waals surface area (Å²) in [6, 6.07) is 7.60. The van der Waals surface area contributed by atoms with E-state index in [-0.39, 0.29) is 11.8 Å². The van der Waals surface area contributed by atoms with Crippen LogP contribution in [0.5, 0.6) is 0 Å². The third-order valence-electron chi connectivity index (χ3n) is 4.36. The maximum Gasteiger partial charge on any atom is 0.227 e. The summed E-state index contributed by atoms with van der Waals surface area (Å²) in [6.07, 6.45) is 6.82. The predicted octanol–water partition coefficient (Wildman–Crippen LogP) is 2.84. The van der Waals surface area contributed by atoms with Crippen LogP contribution in [0, 0.1) is 5.92 Å². The maximum atomic E-state index is 12.4. The number of anilines is 1. The lowest BCUT2D eigenvalue weighted by atomic mass is 9.99. The number of nitrogens with two attached hydrogens (primary N) is 1. The predicted molar refractivity (Wildman–Crippen MR) is 89.5 cm³/mol. The highest BCUT2D eigenvalue weighted by atomic mass is 16.1. The molecule has 1 aromatic carbocycles. The number of nitrogens with one attached hydrogen (secondary N) is 2. The van der Waals surface area contributed by atoms with Crippen molar-refractivity contribution in [3.05, 3.63) is 30.1 Å². The molecule has 1 fully saturated rings. The molecule has 0 bridgehead atoms. The second-order valence-corrected chi connectivity index (χ2v) is 6.06. The van der Waals surface area contributed by atoms with Crippen molar-refractivity contribution in [2.75, 3.05) is 5.32 Å². The molecule has 0 aliphatic heterocycles. The van der Waals surface area contributed by atoms with Crippen LogP contribution in [0.15, 0.2) is 24.3 Å². The molecule has 6 heteroatoms. The minimum Gasteiger partial charge on any atom is -0.326 e. The number of amides is 1. The number of hydrogen-bond acceptors (Lipinski definition) is 4. The van der Waals surface area contributed by atoms with Gasteiger partial charge in [0.25, 0.3) is 0 Å². The molecule has 23 heavy (non-hydrogen) atoms. The Morgan fingerprint density at radius 1 is 1.17 bits per heavy atom. The zero-order valence-electron chi connectivity index (χ0n) is 13.2. The summed E-state index contributed by atoms with van der Waals surface area (Å²) in [6.45, 7) is 0.336. The minimum absolute atomic E-state index is 0.142. The van der Waals surface area contributed by atoms with Gasteiger partial charge in [-0.15, -0.1) is 0 Å². The lowest BCUT2D eigenvalue weighted by molar-refractivity contribution is -0.120. The largest absolute Gasteiger partial charge is 0.326 e. The molecule has 6 nitrogen and oxygen atoms in total. The molecule has 1 aromatic heterocycles. The van der Waals surface area contributed by atoms with Gasteiger partial charge in [0.15, 0.2) is 5.82 Å². The average molecular weight is 313 g/mol. The number of rotatable bonds is 4. The van der Waals surface area contributed by atoms with Crippen molar-refractivity contribution >= 4 is 11.6 Å². The summed E-state index contributed by atoms with van der Waals surface area (Å²) < 4.78 is 0. The standard InChI is InChI=1S/C17H23N5O/c18-11-15-20-16(22-21-15)12-7-9-14(10-8-12)19-17(23)13-5-3-1-2-4-6-13/h7-10,13H,1-6,11,18H2,(H,19,23)(H,20,21,22). The van der Waals surface area contributed by atoms with Crippen molar-refractivity contribution in [3.8, 4) is 11.4 Å². The van der Waals surface area contributed by atoms with E-state index in [4.69, 9.17) is 5.73 Å². The molecule has 4 N–H and O–H groups in total. The number of aromatic nitrogens is 3. The van der Waals surface area contributed by atoms with Gasteiger partial charge in [0.1, 0.15) is 5.82 Å². The van der Waals surface area contributed by atoms with E-state index in [1.165, 1.54) is 12.8 Å². The van der Waals surface area contributed by atoms with Crippen LogP contribution in [-0.4, -0.2) is 21.1 Å². The average Bonchev–Trinajstić information content (AvgIpc) is 2.89. The molecule has 1 amide bonds. The Hall–Kier alpha value is -2.21. The summed E-state index contributed by atoms with van der Waals surface area (Å²) in [5, 5.41) is 9.95. The number of H-pyrrole nitrogens is 1. The first-order valence-corrected chi connectivity index (χ1v) is 8.29. The zero-order valence-corrected chi connectivity index (χ0v) is 13.2. The maximum absolute atomic E-state index is 12.4. The monoisotopic (exact) mass is 313 g/mol. The molecule has 0 radical (unpaired) electrons. The van der Waals surface area contributed by atoms with Gasteiger partial charge in [-0.25, -0.2) is 4.98 Å². The fraction of sp³-hybridized carbons (Fsp3) is 0.471. The molecule has 0 unspecified atom stereocenters. The first-order valence-electron chi connectivity index (χ1n) is 8.29. The molecule has 0 saturated heterocycles. The van der Waals surface area contributed by atoms with Crippen LogP contribution in [0.4, 0.5) is 5.69 Å². The number of carbonyl (C=O) groups is 1. The Kier molecular flexibility index (Phi) is 5.02. The molecule has 122 valence electrons. The molecule has 0 atom stereocenters. The minimum atomic E-state index is 0.142. The van der Waals surface area contributed by atoms with Gasteiger partial charge in [-0.3, -0.25) is 9.89 Å². The van der Waals surface area contributed by atoms with E-state index in [1.54, 1.807) is 0 Å². The van der Waals surface area contributed by atoms with E-state index in [0.717, 1.165) is 36.9 Å². The normalized spacial score (nSPS) is 16.0. The first kappa shape index (κ1) is 15.7. The highest BCUT2D eigenvalue weighted by Crippen LogP contribution is 2.25. The fourth-order valence-corrected chi connectivity index (χ4v) is 3.00. The van der Waals surface area contributed by atoms with Gasteiger partial charge in [0.2, 0.25) is 5.91 Å². The molecule has 3 rings (SSSR count).